The van der Waals surface area contributed by atoms with Gasteiger partial charge in [0.05, 0.1) is 29.6 Å². The van der Waals surface area contributed by atoms with Gasteiger partial charge in [-0.05, 0) is 24.3 Å². The van der Waals surface area contributed by atoms with Gasteiger partial charge < -0.3 is 4.74 Å². The van der Waals surface area contributed by atoms with Gasteiger partial charge in [0.1, 0.15) is 5.82 Å². The Kier molecular flexibility index (Phi) is 3.96. The molecular weight excluding hydrogens is 324 g/mol. The number of hydrogen-bond donors (Lipinski definition) is 0. The molecule has 0 fully saturated rings. The minimum Gasteiger partial charge on any atom is -0.465 e. The van der Waals surface area contributed by atoms with Crippen LogP contribution in [-0.2, 0) is 4.74 Å². The van der Waals surface area contributed by atoms with Crippen LogP contribution in [0.25, 0.3) is 22.0 Å². The van der Waals surface area contributed by atoms with E-state index in [4.69, 9.17) is 11.6 Å². The number of esters is 1. The maximum Gasteiger partial charge on any atom is 0.337 e. The molecule has 0 unspecified atom stereocenters. The Balaban J connectivity index is 2.34. The third kappa shape index (κ3) is 2.64. The molecule has 0 aliphatic carbocycles. The molecule has 1 heterocycles. The summed E-state index contributed by atoms with van der Waals surface area (Å²) in [6, 6.07) is 8.77. The van der Waals surface area contributed by atoms with Crippen LogP contribution in [0.4, 0.5) is 8.78 Å². The molecule has 0 aliphatic rings. The van der Waals surface area contributed by atoms with Crippen LogP contribution in [0, 0.1) is 11.6 Å². The van der Waals surface area contributed by atoms with Crippen molar-refractivity contribution in [3.63, 3.8) is 0 Å². The molecule has 23 heavy (non-hydrogen) atoms. The van der Waals surface area contributed by atoms with Crippen molar-refractivity contribution in [2.75, 3.05) is 7.11 Å². The maximum absolute atomic E-state index is 14.3. The van der Waals surface area contributed by atoms with Crippen molar-refractivity contribution in [1.82, 2.24) is 4.98 Å². The number of halogens is 3. The number of ether oxygens (including phenoxy) is 1. The van der Waals surface area contributed by atoms with Crippen molar-refractivity contribution in [3.8, 4) is 11.3 Å². The molecule has 0 radical (unpaired) electrons. The first-order valence-electron chi connectivity index (χ1n) is 6.64. The molecule has 0 amide bonds. The summed E-state index contributed by atoms with van der Waals surface area (Å²) in [5.74, 6) is -1.80. The summed E-state index contributed by atoms with van der Waals surface area (Å²) >= 11 is 5.80. The number of rotatable bonds is 2. The largest absolute Gasteiger partial charge is 0.465 e. The van der Waals surface area contributed by atoms with Crippen LogP contribution in [0.1, 0.15) is 10.4 Å². The molecule has 116 valence electrons. The van der Waals surface area contributed by atoms with Gasteiger partial charge in [-0.3, -0.25) is 4.98 Å². The number of aromatic nitrogens is 1. The van der Waals surface area contributed by atoms with E-state index >= 15 is 0 Å². The van der Waals surface area contributed by atoms with E-state index in [9.17, 15) is 13.6 Å². The smallest absolute Gasteiger partial charge is 0.337 e. The van der Waals surface area contributed by atoms with E-state index in [0.29, 0.717) is 5.39 Å². The highest BCUT2D eigenvalue weighted by Crippen LogP contribution is 2.32. The molecule has 2 aromatic carbocycles. The van der Waals surface area contributed by atoms with Crippen LogP contribution < -0.4 is 0 Å². The van der Waals surface area contributed by atoms with Gasteiger partial charge in [-0.2, -0.15) is 0 Å². The molecule has 3 aromatic rings. The summed E-state index contributed by atoms with van der Waals surface area (Å²) in [5, 5.41) is 0.460. The number of fused-ring (bicyclic) bond motifs is 1. The van der Waals surface area contributed by atoms with E-state index < -0.39 is 17.6 Å². The van der Waals surface area contributed by atoms with E-state index in [1.165, 1.54) is 37.4 Å². The molecule has 6 heteroatoms. The fourth-order valence-electron chi connectivity index (χ4n) is 2.35. The Labute approximate surface area is 135 Å². The molecule has 0 aliphatic heterocycles. The van der Waals surface area contributed by atoms with Crippen LogP contribution in [-0.4, -0.2) is 18.1 Å². The van der Waals surface area contributed by atoms with Crippen LogP contribution in [0.3, 0.4) is 0 Å². The summed E-state index contributed by atoms with van der Waals surface area (Å²) in [4.78, 5) is 15.7. The molecule has 3 nitrogen and oxygen atoms in total. The molecular formula is C17H10ClF2NO2. The van der Waals surface area contributed by atoms with Crippen molar-refractivity contribution >= 4 is 28.3 Å². The summed E-state index contributed by atoms with van der Waals surface area (Å²) in [5.41, 5.74) is 0.549. The first-order valence-corrected chi connectivity index (χ1v) is 7.01. The lowest BCUT2D eigenvalue weighted by Crippen LogP contribution is -2.02. The van der Waals surface area contributed by atoms with Gasteiger partial charge in [0.15, 0.2) is 5.82 Å². The quantitative estimate of drug-likeness (QED) is 0.642. The van der Waals surface area contributed by atoms with E-state index in [1.54, 1.807) is 6.07 Å². The summed E-state index contributed by atoms with van der Waals surface area (Å²) in [6.07, 6.45) is 1.01. The molecule has 0 saturated heterocycles. The third-order valence-corrected chi connectivity index (χ3v) is 3.76. The van der Waals surface area contributed by atoms with E-state index in [-0.39, 0.29) is 27.2 Å². The predicted octanol–water partition coefficient (Wildman–Crippen LogP) is 4.62. The highest BCUT2D eigenvalue weighted by atomic mass is 35.5. The fourth-order valence-corrected chi connectivity index (χ4v) is 2.53. The fraction of sp³-hybridized carbons (Fsp3) is 0.0588. The van der Waals surface area contributed by atoms with Crippen LogP contribution in [0.15, 0.2) is 42.6 Å². The monoisotopic (exact) mass is 333 g/mol. The summed E-state index contributed by atoms with van der Waals surface area (Å²) in [6.45, 7) is 0. The van der Waals surface area contributed by atoms with Crippen molar-refractivity contribution in [2.24, 2.45) is 0 Å². The second-order valence-electron chi connectivity index (χ2n) is 4.81. The standard InChI is InChI=1S/C17H10ClF2NO2/c1-23-17(22)9-5-6-10-12(7-9)16(21-8-14(10)19)11-3-2-4-13(18)15(11)20/h2-8H,1H3. The van der Waals surface area contributed by atoms with Crippen molar-refractivity contribution in [1.29, 1.82) is 0 Å². The zero-order valence-electron chi connectivity index (χ0n) is 11.9. The van der Waals surface area contributed by atoms with Gasteiger partial charge in [0.2, 0.25) is 0 Å². The number of carbonyl (C=O) groups is 1. The summed E-state index contributed by atoms with van der Waals surface area (Å²) < 4.78 is 32.9. The van der Waals surface area contributed by atoms with E-state index in [2.05, 4.69) is 9.72 Å². The van der Waals surface area contributed by atoms with Crippen molar-refractivity contribution < 1.29 is 18.3 Å². The Morgan fingerprint density at radius 3 is 2.70 bits per heavy atom. The topological polar surface area (TPSA) is 39.2 Å². The highest BCUT2D eigenvalue weighted by molar-refractivity contribution is 6.31. The third-order valence-electron chi connectivity index (χ3n) is 3.47. The number of nitrogens with zero attached hydrogens (tertiary/aromatic N) is 1. The molecule has 3 rings (SSSR count). The molecule has 0 atom stereocenters. The first kappa shape index (κ1) is 15.4. The normalized spacial score (nSPS) is 10.8. The minimum atomic E-state index is -0.655. The van der Waals surface area contributed by atoms with Crippen LogP contribution >= 0.6 is 11.6 Å². The van der Waals surface area contributed by atoms with Gasteiger partial charge in [0.25, 0.3) is 0 Å². The molecule has 0 N–H and O–H groups in total. The Bertz CT molecular complexity index is 928. The highest BCUT2D eigenvalue weighted by Gasteiger charge is 2.16. The van der Waals surface area contributed by atoms with Gasteiger partial charge in [-0.1, -0.05) is 23.7 Å². The number of benzene rings is 2. The van der Waals surface area contributed by atoms with Gasteiger partial charge >= 0.3 is 5.97 Å². The first-order chi connectivity index (χ1) is 11.0. The van der Waals surface area contributed by atoms with Crippen molar-refractivity contribution in [3.05, 3.63) is 64.8 Å². The molecule has 0 saturated carbocycles. The van der Waals surface area contributed by atoms with Crippen LogP contribution in [0.5, 0.6) is 0 Å². The molecule has 1 aromatic heterocycles. The lowest BCUT2D eigenvalue weighted by Gasteiger charge is -2.10. The number of pyridine rings is 1. The number of carbonyl (C=O) groups excluding carboxylic acids is 1. The van der Waals surface area contributed by atoms with E-state index in [1.807, 2.05) is 0 Å². The zero-order valence-corrected chi connectivity index (χ0v) is 12.7. The lowest BCUT2D eigenvalue weighted by molar-refractivity contribution is 0.0601. The van der Waals surface area contributed by atoms with Gasteiger partial charge in [0, 0.05) is 16.3 Å². The second kappa shape index (κ2) is 5.93. The minimum absolute atomic E-state index is 0.0640. The Morgan fingerprint density at radius 2 is 1.96 bits per heavy atom. The average Bonchev–Trinajstić information content (AvgIpc) is 2.57. The maximum atomic E-state index is 14.3. The Morgan fingerprint density at radius 1 is 1.17 bits per heavy atom. The number of hydrogen-bond acceptors (Lipinski definition) is 3. The molecule has 0 spiro atoms. The second-order valence-corrected chi connectivity index (χ2v) is 5.22. The van der Waals surface area contributed by atoms with Crippen molar-refractivity contribution in [2.45, 2.75) is 0 Å². The zero-order chi connectivity index (χ0) is 16.6. The lowest BCUT2D eigenvalue weighted by atomic mass is 10.0. The number of methoxy groups -OCH3 is 1. The summed E-state index contributed by atoms with van der Waals surface area (Å²) in [7, 11) is 1.24. The Hall–Kier alpha value is -2.53. The molecule has 0 bridgehead atoms. The van der Waals surface area contributed by atoms with Gasteiger partial charge in [-0.25, -0.2) is 13.6 Å². The SMILES string of the molecule is COC(=O)c1ccc2c(F)cnc(-c3cccc(Cl)c3F)c2c1. The van der Waals surface area contributed by atoms with Crippen LogP contribution in [0.2, 0.25) is 5.02 Å². The average molecular weight is 334 g/mol. The van der Waals surface area contributed by atoms with Gasteiger partial charge in [-0.15, -0.1) is 0 Å². The van der Waals surface area contributed by atoms with E-state index in [0.717, 1.165) is 6.20 Å². The predicted molar refractivity (Wildman–Crippen MR) is 83.4 cm³/mol.